The molecule has 0 fully saturated rings. The van der Waals surface area contributed by atoms with Gasteiger partial charge in [-0.15, -0.1) is 0 Å². The third kappa shape index (κ3) is 7.44. The normalized spacial score (nSPS) is 12.7. The third-order valence-electron chi connectivity index (χ3n) is 9.22. The van der Waals surface area contributed by atoms with E-state index < -0.39 is 21.8 Å². The average molecular weight is 1030 g/mol. The van der Waals surface area contributed by atoms with Crippen molar-refractivity contribution in [2.75, 3.05) is 0 Å². The van der Waals surface area contributed by atoms with Crippen molar-refractivity contribution in [3.8, 4) is 45.1 Å². The van der Waals surface area contributed by atoms with Gasteiger partial charge in [-0.05, 0) is 12.0 Å². The van der Waals surface area contributed by atoms with Crippen LogP contribution < -0.4 is 14.6 Å². The number of hydrogen-bond donors (Lipinski definition) is 0. The Labute approximate surface area is 320 Å². The molecule has 0 bridgehead atoms. The molecule has 0 spiro atoms. The van der Waals surface area contributed by atoms with E-state index in [0.717, 1.165) is 22.5 Å². The number of benzene rings is 4. The van der Waals surface area contributed by atoms with E-state index in [2.05, 4.69) is 165 Å². The molecule has 0 aliphatic carbocycles. The fraction of sp³-hybridized carbons (Fsp3) is 0.244. The summed E-state index contributed by atoms with van der Waals surface area (Å²) in [6, 6.07) is 42.6. The van der Waals surface area contributed by atoms with Gasteiger partial charge in [0, 0.05) is 6.20 Å². The molecule has 0 saturated heterocycles. The molecule has 254 valence electrons. The van der Waals surface area contributed by atoms with Gasteiger partial charge in [0.1, 0.15) is 0 Å². The van der Waals surface area contributed by atoms with Crippen molar-refractivity contribution in [3.63, 3.8) is 0 Å². The maximum absolute atomic E-state index is 6.72. The molecule has 0 radical (unpaired) electrons. The van der Waals surface area contributed by atoms with E-state index in [1.54, 1.807) is 0 Å². The second-order valence-corrected chi connectivity index (χ2v) is 23.7. The van der Waals surface area contributed by atoms with Crippen LogP contribution in [0, 0.1) is 12.1 Å². The summed E-state index contributed by atoms with van der Waals surface area (Å²) in [5, 5.41) is 0. The van der Waals surface area contributed by atoms with Gasteiger partial charge in [-0.3, -0.25) is 0 Å². The second-order valence-electron chi connectivity index (χ2n) is 15.3. The molecule has 50 heavy (non-hydrogen) atoms. The van der Waals surface area contributed by atoms with Gasteiger partial charge in [0.25, 0.3) is 0 Å². The molecule has 6 aromatic rings. The van der Waals surface area contributed by atoms with Crippen LogP contribution in [0.2, 0.25) is 0 Å². The molecule has 4 aromatic carbocycles. The second kappa shape index (κ2) is 14.3. The van der Waals surface area contributed by atoms with Crippen molar-refractivity contribution in [1.82, 2.24) is 9.97 Å². The number of aromatic nitrogens is 2. The Hall–Kier alpha value is -3.45. The van der Waals surface area contributed by atoms with Gasteiger partial charge in [-0.2, -0.15) is 0 Å². The first-order valence-corrected chi connectivity index (χ1v) is 22.3. The Morgan fingerprint density at radius 2 is 1.08 bits per heavy atom. The molecule has 1 aliphatic rings. The summed E-state index contributed by atoms with van der Waals surface area (Å²) in [4.78, 5) is 9.65. The Kier molecular flexibility index (Phi) is 10.4. The van der Waals surface area contributed by atoms with Crippen LogP contribution in [-0.2, 0) is 31.9 Å². The fourth-order valence-corrected chi connectivity index (χ4v) is 16.5. The van der Waals surface area contributed by atoms with Gasteiger partial charge in [0.15, 0.2) is 0 Å². The smallest absolute Gasteiger partial charge is 2.00 e. The summed E-state index contributed by atoms with van der Waals surface area (Å²) in [6.07, 6.45) is 3.87. The van der Waals surface area contributed by atoms with Crippen molar-refractivity contribution in [1.29, 1.82) is 0 Å². The predicted octanol–water partition coefficient (Wildman–Crippen LogP) is 9.42. The van der Waals surface area contributed by atoms with E-state index in [-0.39, 0.29) is 31.9 Å². The molecule has 0 N–H and O–H groups in total. The van der Waals surface area contributed by atoms with Crippen molar-refractivity contribution < 1.29 is 25.8 Å². The van der Waals surface area contributed by atoms with Gasteiger partial charge in [0.05, 0.1) is 0 Å². The van der Waals surface area contributed by atoms with Crippen LogP contribution >= 0.6 is 0 Å². The Morgan fingerprint density at radius 3 is 1.58 bits per heavy atom. The van der Waals surface area contributed by atoms with Crippen molar-refractivity contribution in [3.05, 3.63) is 138 Å². The molecule has 3 heterocycles. The molecule has 5 heteroatoms. The summed E-state index contributed by atoms with van der Waals surface area (Å²) in [7, 11) is 0. The minimum Gasteiger partial charge on any atom is 2.00 e. The zero-order chi connectivity index (χ0) is 34.5. The van der Waals surface area contributed by atoms with E-state index >= 15 is 0 Å². The Balaban J connectivity index is 0.00000432. The van der Waals surface area contributed by atoms with Crippen molar-refractivity contribution in [2.24, 2.45) is 0 Å². The molecular weight excluding hydrogens is 989 g/mol. The standard InChI is InChI=1S/C33H35N2O.C12H8.Bi.Pt/c1-22(2)23-12-14-35-31(19-23)25-16-27(33(6,7)8)21-29(18-25)36-28-17-24(30-11-9-10-13-34-30)15-26(20-28)32(3,4)5;1-3-7-11(8-4-1)12-9-5-2-6-10-12;;/h10-16,19-22H,1-8H3;1-7,9H;;/q-2;;;+2. The summed E-state index contributed by atoms with van der Waals surface area (Å²) in [5.74, 6) is 1.72. The number of nitrogens with zero attached hydrogens (tertiary/aromatic N) is 2. The third-order valence-corrected chi connectivity index (χ3v) is 19.1. The van der Waals surface area contributed by atoms with E-state index in [4.69, 9.17) is 14.7 Å². The van der Waals surface area contributed by atoms with Crippen molar-refractivity contribution >= 4 is 31.6 Å². The van der Waals surface area contributed by atoms with Crippen LogP contribution in [0.5, 0.6) is 11.5 Å². The van der Waals surface area contributed by atoms with E-state index in [1.165, 1.54) is 37.6 Å². The van der Waals surface area contributed by atoms with Gasteiger partial charge in [0.2, 0.25) is 0 Å². The minimum atomic E-state index is -2.51. The van der Waals surface area contributed by atoms with E-state index in [1.807, 2.05) is 12.4 Å². The molecule has 3 nitrogen and oxygen atoms in total. The van der Waals surface area contributed by atoms with Gasteiger partial charge in [-0.25, -0.2) is 0 Å². The predicted molar refractivity (Wildman–Crippen MR) is 205 cm³/mol. The van der Waals surface area contributed by atoms with Gasteiger partial charge >= 0.3 is 285 Å². The zero-order valence-corrected chi connectivity index (χ0v) is 35.8. The molecule has 0 saturated carbocycles. The molecular formula is C45H43BiN2OPt. The van der Waals surface area contributed by atoms with Gasteiger partial charge in [-0.1, -0.05) is 19.4 Å². The van der Waals surface area contributed by atoms with Crippen LogP contribution in [0.15, 0.2) is 109 Å². The first kappa shape index (κ1) is 36.3. The maximum atomic E-state index is 6.72. The number of hydrogen-bond acceptors (Lipinski definition) is 3. The zero-order valence-electron chi connectivity index (χ0n) is 30.0. The SMILES string of the molecule is CC(C)c1ccnc(-c2[c-]c(Oc3[c-]c(-c4c[c]([Bi]5[c]6ccccc6-c6cccc[c]65)ccn4)cc(C(C)(C)C)c3)cc(C(C)(C)C)c2)c1.[Pt+2]. The summed E-state index contributed by atoms with van der Waals surface area (Å²) >= 11 is -2.51. The minimum absolute atomic E-state index is 0. The van der Waals surface area contributed by atoms with Crippen LogP contribution in [0.25, 0.3) is 33.6 Å². The number of fused-ring (bicyclic) bond motifs is 3. The number of rotatable bonds is 6. The van der Waals surface area contributed by atoms with Crippen LogP contribution in [-0.4, -0.2) is 31.7 Å². The van der Waals surface area contributed by atoms with E-state index in [0.29, 0.717) is 17.4 Å². The number of pyridine rings is 2. The topological polar surface area (TPSA) is 35.0 Å². The number of ether oxygens (including phenoxy) is 1. The first-order chi connectivity index (χ1) is 23.3. The summed E-state index contributed by atoms with van der Waals surface area (Å²) < 4.78 is 11.2. The Bertz CT molecular complexity index is 2130. The average Bonchev–Trinajstić information content (AvgIpc) is 3.42. The van der Waals surface area contributed by atoms with Crippen LogP contribution in [0.1, 0.15) is 78.0 Å². The Morgan fingerprint density at radius 1 is 0.600 bits per heavy atom. The summed E-state index contributed by atoms with van der Waals surface area (Å²) in [6.45, 7) is 17.8. The van der Waals surface area contributed by atoms with Crippen molar-refractivity contribution in [2.45, 2.75) is 72.1 Å². The molecule has 0 amide bonds. The van der Waals surface area contributed by atoms with Crippen LogP contribution in [0.4, 0.5) is 0 Å². The quantitative estimate of drug-likeness (QED) is 0.123. The summed E-state index contributed by atoms with van der Waals surface area (Å²) in [5.41, 5.74) is 9.87. The fourth-order valence-electron chi connectivity index (χ4n) is 6.32. The van der Waals surface area contributed by atoms with E-state index in [9.17, 15) is 0 Å². The van der Waals surface area contributed by atoms with Crippen LogP contribution in [0.3, 0.4) is 0 Å². The molecule has 1 aliphatic heterocycles. The molecule has 0 unspecified atom stereocenters. The molecule has 7 rings (SSSR count). The first-order valence-electron chi connectivity index (χ1n) is 17.1. The molecule has 0 atom stereocenters. The molecule has 2 aromatic heterocycles. The van der Waals surface area contributed by atoms with Gasteiger partial charge < -0.3 is 0 Å². The monoisotopic (exact) mass is 1030 g/mol.